The Kier molecular flexibility index (Phi) is 5.55. The van der Waals surface area contributed by atoms with E-state index in [0.29, 0.717) is 32.7 Å². The molecule has 2 fully saturated rings. The van der Waals surface area contributed by atoms with Gasteiger partial charge < -0.3 is 24.8 Å². The van der Waals surface area contributed by atoms with Gasteiger partial charge in [0.15, 0.2) is 0 Å². The number of fused-ring (bicyclic) bond motifs is 2. The summed E-state index contributed by atoms with van der Waals surface area (Å²) in [4.78, 5) is 14.7. The van der Waals surface area contributed by atoms with Crippen LogP contribution in [0.2, 0.25) is 0 Å². The molecule has 6 heteroatoms. The number of carbonyl (C=O) groups is 1. The van der Waals surface area contributed by atoms with Gasteiger partial charge in [0.05, 0.1) is 37.9 Å². The number of rotatable bonds is 2. The average Bonchev–Trinajstić information content (AvgIpc) is 2.65. The van der Waals surface area contributed by atoms with Gasteiger partial charge in [-0.25, -0.2) is 0 Å². The molecule has 0 bridgehead atoms. The van der Waals surface area contributed by atoms with Crippen LogP contribution in [0.4, 0.5) is 0 Å². The Morgan fingerprint density at radius 3 is 2.96 bits per heavy atom. The molecule has 1 aromatic carbocycles. The van der Waals surface area contributed by atoms with E-state index < -0.39 is 6.10 Å². The SMILES string of the molecule is O=C(C[C@@H]1CC[C@H]2NC[C@H](O)COC[C@@H]2O1)N1CCc2ccccc2C1. The van der Waals surface area contributed by atoms with E-state index in [4.69, 9.17) is 9.47 Å². The lowest BCUT2D eigenvalue weighted by atomic mass is 9.95. The quantitative estimate of drug-likeness (QED) is 0.819. The Hall–Kier alpha value is -1.47. The molecule has 6 nitrogen and oxygen atoms in total. The van der Waals surface area contributed by atoms with Crippen LogP contribution in [0.1, 0.15) is 30.4 Å². The highest BCUT2D eigenvalue weighted by Crippen LogP contribution is 2.25. The smallest absolute Gasteiger partial charge is 0.225 e. The Bertz CT molecular complexity index is 638. The van der Waals surface area contributed by atoms with Crippen LogP contribution in [0.15, 0.2) is 24.3 Å². The summed E-state index contributed by atoms with van der Waals surface area (Å²) in [6.07, 6.45) is 2.62. The van der Waals surface area contributed by atoms with E-state index in [9.17, 15) is 9.90 Å². The minimum absolute atomic E-state index is 0.0452. The molecule has 0 unspecified atom stereocenters. The topological polar surface area (TPSA) is 71.0 Å². The van der Waals surface area contributed by atoms with Crippen LogP contribution in [-0.2, 0) is 27.2 Å². The van der Waals surface area contributed by atoms with Crippen molar-refractivity contribution >= 4 is 5.91 Å². The zero-order valence-electron chi connectivity index (χ0n) is 15.1. The van der Waals surface area contributed by atoms with Crippen molar-refractivity contribution in [2.75, 3.05) is 26.3 Å². The molecule has 26 heavy (non-hydrogen) atoms. The fourth-order valence-corrected chi connectivity index (χ4v) is 4.20. The molecule has 2 N–H and O–H groups in total. The third kappa shape index (κ3) is 4.09. The van der Waals surface area contributed by atoms with Crippen LogP contribution in [0.25, 0.3) is 0 Å². The first-order chi connectivity index (χ1) is 12.7. The second-order valence-electron chi connectivity index (χ2n) is 7.62. The van der Waals surface area contributed by atoms with Crippen LogP contribution in [0.5, 0.6) is 0 Å². The number of nitrogens with one attached hydrogen (secondary N) is 1. The number of β-amino-alcohol motifs (C(OH)–C–C–N with tert-alkyl or cyclic N) is 1. The second kappa shape index (κ2) is 8.05. The Morgan fingerprint density at radius 2 is 2.08 bits per heavy atom. The number of ether oxygens (including phenoxy) is 2. The first-order valence-corrected chi connectivity index (χ1v) is 9.68. The van der Waals surface area contributed by atoms with Gasteiger partial charge in [-0.05, 0) is 30.4 Å². The first kappa shape index (κ1) is 17.9. The van der Waals surface area contributed by atoms with Crippen molar-refractivity contribution in [3.63, 3.8) is 0 Å². The Morgan fingerprint density at radius 1 is 1.23 bits per heavy atom. The van der Waals surface area contributed by atoms with Crippen molar-refractivity contribution in [1.82, 2.24) is 10.2 Å². The number of aliphatic hydroxyl groups is 1. The van der Waals surface area contributed by atoms with E-state index >= 15 is 0 Å². The summed E-state index contributed by atoms with van der Waals surface area (Å²) in [5, 5.41) is 13.1. The standard InChI is InChI=1S/C20H28N2O4/c23-16-10-21-18-6-5-17(26-19(18)13-25-12-16)9-20(24)22-8-7-14-3-1-2-4-15(14)11-22/h1-4,16-19,21,23H,5-13H2/t16-,17-,18+,19-/m0/s1. The third-order valence-corrected chi connectivity index (χ3v) is 5.71. The number of benzene rings is 1. The van der Waals surface area contributed by atoms with Crippen molar-refractivity contribution in [1.29, 1.82) is 0 Å². The lowest BCUT2D eigenvalue weighted by Crippen LogP contribution is -2.54. The summed E-state index contributed by atoms with van der Waals surface area (Å²) in [6.45, 7) is 2.82. The van der Waals surface area contributed by atoms with E-state index in [0.717, 1.165) is 25.8 Å². The van der Waals surface area contributed by atoms with Crippen molar-refractivity contribution in [2.45, 2.75) is 56.6 Å². The largest absolute Gasteiger partial charge is 0.389 e. The molecule has 3 heterocycles. The van der Waals surface area contributed by atoms with Gasteiger partial charge in [-0.3, -0.25) is 4.79 Å². The molecule has 1 aromatic rings. The van der Waals surface area contributed by atoms with Gasteiger partial charge >= 0.3 is 0 Å². The third-order valence-electron chi connectivity index (χ3n) is 5.71. The van der Waals surface area contributed by atoms with Crippen molar-refractivity contribution in [2.24, 2.45) is 0 Å². The molecule has 2 saturated heterocycles. The predicted molar refractivity (Wildman–Crippen MR) is 96.7 cm³/mol. The number of amides is 1. The van der Waals surface area contributed by atoms with Gasteiger partial charge in [0.1, 0.15) is 0 Å². The highest BCUT2D eigenvalue weighted by atomic mass is 16.5. The number of hydrogen-bond donors (Lipinski definition) is 2. The van der Waals surface area contributed by atoms with Crippen molar-refractivity contribution < 1.29 is 19.4 Å². The molecule has 0 saturated carbocycles. The maximum absolute atomic E-state index is 12.8. The van der Waals surface area contributed by atoms with E-state index in [2.05, 4.69) is 23.5 Å². The lowest BCUT2D eigenvalue weighted by Gasteiger charge is -2.39. The molecule has 4 atom stereocenters. The van der Waals surface area contributed by atoms with Crippen LogP contribution < -0.4 is 5.32 Å². The minimum atomic E-state index is -0.461. The monoisotopic (exact) mass is 360 g/mol. The summed E-state index contributed by atoms with van der Waals surface area (Å²) in [6, 6.07) is 8.56. The van der Waals surface area contributed by atoms with Gasteiger partial charge in [0, 0.05) is 25.7 Å². The number of aliphatic hydroxyl groups excluding tert-OH is 1. The van der Waals surface area contributed by atoms with E-state index in [1.54, 1.807) is 0 Å². The van der Waals surface area contributed by atoms with Crippen LogP contribution >= 0.6 is 0 Å². The molecule has 0 radical (unpaired) electrons. The number of carbonyl (C=O) groups excluding carboxylic acids is 1. The van der Waals surface area contributed by atoms with Crippen molar-refractivity contribution in [3.05, 3.63) is 35.4 Å². The fraction of sp³-hybridized carbons (Fsp3) is 0.650. The van der Waals surface area contributed by atoms with E-state index in [1.165, 1.54) is 11.1 Å². The van der Waals surface area contributed by atoms with Gasteiger partial charge in [0.2, 0.25) is 5.91 Å². The fourth-order valence-electron chi connectivity index (χ4n) is 4.20. The maximum Gasteiger partial charge on any atom is 0.225 e. The zero-order valence-corrected chi connectivity index (χ0v) is 15.1. The van der Waals surface area contributed by atoms with Crippen LogP contribution in [0.3, 0.4) is 0 Å². The van der Waals surface area contributed by atoms with Gasteiger partial charge in [-0.1, -0.05) is 24.3 Å². The second-order valence-corrected chi connectivity index (χ2v) is 7.62. The number of nitrogens with zero attached hydrogens (tertiary/aromatic N) is 1. The molecule has 1 amide bonds. The average molecular weight is 360 g/mol. The maximum atomic E-state index is 12.8. The normalized spacial score (nSPS) is 32.1. The van der Waals surface area contributed by atoms with Gasteiger partial charge in [-0.2, -0.15) is 0 Å². The first-order valence-electron chi connectivity index (χ1n) is 9.68. The molecule has 0 spiro atoms. The van der Waals surface area contributed by atoms with Crippen LogP contribution in [0, 0.1) is 0 Å². The minimum Gasteiger partial charge on any atom is -0.389 e. The summed E-state index contributed by atoms with van der Waals surface area (Å²) < 4.78 is 11.7. The van der Waals surface area contributed by atoms with Crippen LogP contribution in [-0.4, -0.2) is 66.6 Å². The van der Waals surface area contributed by atoms with E-state index in [-0.39, 0.29) is 24.2 Å². The van der Waals surface area contributed by atoms with Crippen molar-refractivity contribution in [3.8, 4) is 0 Å². The predicted octanol–water partition coefficient (Wildman–Crippen LogP) is 0.858. The van der Waals surface area contributed by atoms with Gasteiger partial charge in [0.25, 0.3) is 0 Å². The summed E-state index contributed by atoms with van der Waals surface area (Å²) >= 11 is 0. The Labute approximate surface area is 154 Å². The molecule has 0 aromatic heterocycles. The number of hydrogen-bond acceptors (Lipinski definition) is 5. The van der Waals surface area contributed by atoms with E-state index in [1.807, 2.05) is 11.0 Å². The highest BCUT2D eigenvalue weighted by Gasteiger charge is 2.34. The molecule has 0 aliphatic carbocycles. The highest BCUT2D eigenvalue weighted by molar-refractivity contribution is 5.77. The molecule has 4 rings (SSSR count). The lowest BCUT2D eigenvalue weighted by molar-refractivity contribution is -0.145. The Balaban J connectivity index is 1.31. The van der Waals surface area contributed by atoms with Gasteiger partial charge in [-0.15, -0.1) is 0 Å². The summed E-state index contributed by atoms with van der Waals surface area (Å²) in [5.41, 5.74) is 2.61. The molecular weight excluding hydrogens is 332 g/mol. The zero-order chi connectivity index (χ0) is 17.9. The molecule has 142 valence electrons. The molecular formula is C20H28N2O4. The molecule has 3 aliphatic heterocycles. The summed E-state index contributed by atoms with van der Waals surface area (Å²) in [5.74, 6) is 0.179. The molecule has 3 aliphatic rings. The summed E-state index contributed by atoms with van der Waals surface area (Å²) in [7, 11) is 0.